The molecule has 0 radical (unpaired) electrons. The number of aromatic nitrogens is 1. The molecule has 2 heterocycles. The molecule has 2 atom stereocenters. The minimum Gasteiger partial charge on any atom is -0.476 e. The number of carboxylic acids is 1. The van der Waals surface area contributed by atoms with Gasteiger partial charge in [-0.1, -0.05) is 5.16 Å². The summed E-state index contributed by atoms with van der Waals surface area (Å²) in [4.78, 5) is 68.6. The van der Waals surface area contributed by atoms with Gasteiger partial charge in [0, 0.05) is 36.1 Å². The van der Waals surface area contributed by atoms with Crippen molar-refractivity contribution in [1.29, 1.82) is 0 Å². The maximum absolute atomic E-state index is 13.0. The van der Waals surface area contributed by atoms with Crippen LogP contribution in [-0.2, 0) is 37.1 Å². The van der Waals surface area contributed by atoms with Crippen molar-refractivity contribution in [3.8, 4) is 0 Å². The van der Waals surface area contributed by atoms with Crippen molar-refractivity contribution >= 4 is 51.6 Å². The van der Waals surface area contributed by atoms with Gasteiger partial charge < -0.3 is 25.2 Å². The fourth-order valence-corrected chi connectivity index (χ4v) is 4.47. The van der Waals surface area contributed by atoms with Crippen LogP contribution in [0.15, 0.2) is 59.1 Å². The Balaban J connectivity index is 1.46. The quantitative estimate of drug-likeness (QED) is 0.137. The van der Waals surface area contributed by atoms with Crippen molar-refractivity contribution < 1.29 is 43.6 Å². The first-order chi connectivity index (χ1) is 20.5. The molecular formula is C25H22N6O11S. The number of benzene rings is 2. The Morgan fingerprint density at radius 3 is 2.05 bits per heavy atom. The van der Waals surface area contributed by atoms with Gasteiger partial charge in [-0.05, 0) is 35.4 Å². The molecule has 3 N–H and O–H groups in total. The summed E-state index contributed by atoms with van der Waals surface area (Å²) in [5, 5.41) is 36.4. The summed E-state index contributed by atoms with van der Waals surface area (Å²) in [6.07, 6.45) is -2.02. The second-order valence-electron chi connectivity index (χ2n) is 8.96. The van der Waals surface area contributed by atoms with Crippen LogP contribution in [0.5, 0.6) is 0 Å². The number of carbonyl (C=O) groups is 3. The SMILES string of the molecule is Nc1nc(C(=NO[C@H]2C[C@@H](C(=O)OCc3ccc([N+](=O)[O-])cc3)N(C(=O)OCc3ccc([N+](=O)[O-])cc3)C2)C(=O)O)cs1. The molecule has 1 fully saturated rings. The largest absolute Gasteiger partial charge is 0.476 e. The Morgan fingerprint density at radius 1 is 1.00 bits per heavy atom. The minimum atomic E-state index is -1.44. The number of hydrogen-bond acceptors (Lipinski definition) is 14. The molecule has 0 saturated carbocycles. The number of ether oxygens (including phenoxy) is 2. The summed E-state index contributed by atoms with van der Waals surface area (Å²) in [5.74, 6) is -2.28. The lowest BCUT2D eigenvalue weighted by molar-refractivity contribution is -0.385. The Hall–Kier alpha value is -5.65. The van der Waals surface area contributed by atoms with E-state index in [1.54, 1.807) is 0 Å². The monoisotopic (exact) mass is 614 g/mol. The molecule has 0 bridgehead atoms. The number of anilines is 1. The fraction of sp³-hybridized carbons (Fsp3) is 0.240. The normalized spacial score (nSPS) is 16.4. The zero-order valence-electron chi connectivity index (χ0n) is 21.9. The molecule has 18 heteroatoms. The molecule has 3 aromatic rings. The van der Waals surface area contributed by atoms with Gasteiger partial charge in [0.2, 0.25) is 5.71 Å². The van der Waals surface area contributed by atoms with E-state index >= 15 is 0 Å². The maximum Gasteiger partial charge on any atom is 0.410 e. The van der Waals surface area contributed by atoms with Gasteiger partial charge in [-0.3, -0.25) is 25.1 Å². The molecule has 1 saturated heterocycles. The van der Waals surface area contributed by atoms with Gasteiger partial charge in [-0.2, -0.15) is 0 Å². The smallest absolute Gasteiger partial charge is 0.410 e. The van der Waals surface area contributed by atoms with E-state index in [9.17, 15) is 39.7 Å². The van der Waals surface area contributed by atoms with Gasteiger partial charge in [-0.15, -0.1) is 11.3 Å². The number of aliphatic carboxylic acids is 1. The molecule has 43 heavy (non-hydrogen) atoms. The number of esters is 1. The maximum atomic E-state index is 13.0. The highest BCUT2D eigenvalue weighted by Crippen LogP contribution is 2.25. The molecule has 2 aromatic carbocycles. The van der Waals surface area contributed by atoms with Crippen LogP contribution in [0.2, 0.25) is 0 Å². The highest BCUT2D eigenvalue weighted by atomic mass is 32.1. The molecule has 1 amide bonds. The van der Waals surface area contributed by atoms with Crippen LogP contribution < -0.4 is 5.73 Å². The minimum absolute atomic E-state index is 0.0357. The second-order valence-corrected chi connectivity index (χ2v) is 9.85. The number of nitro groups is 2. The molecule has 17 nitrogen and oxygen atoms in total. The molecule has 0 spiro atoms. The van der Waals surface area contributed by atoms with Crippen LogP contribution in [0.3, 0.4) is 0 Å². The number of rotatable bonds is 11. The molecule has 0 unspecified atom stereocenters. The van der Waals surface area contributed by atoms with E-state index in [0.29, 0.717) is 11.1 Å². The molecule has 0 aliphatic carbocycles. The second kappa shape index (κ2) is 13.3. The van der Waals surface area contributed by atoms with Crippen LogP contribution in [-0.4, -0.2) is 67.3 Å². The number of thiazole rings is 1. The molecule has 1 aliphatic rings. The van der Waals surface area contributed by atoms with E-state index < -0.39 is 45.7 Å². The van der Waals surface area contributed by atoms with Crippen molar-refractivity contribution in [3.05, 3.63) is 91.0 Å². The predicted octanol–water partition coefficient (Wildman–Crippen LogP) is 2.87. The number of nitrogens with two attached hydrogens (primary N) is 1. The zero-order chi connectivity index (χ0) is 31.1. The van der Waals surface area contributed by atoms with E-state index in [4.69, 9.17) is 20.0 Å². The number of nitro benzene ring substituents is 2. The van der Waals surface area contributed by atoms with Crippen LogP contribution >= 0.6 is 11.3 Å². The number of likely N-dealkylation sites (tertiary alicyclic amines) is 1. The Morgan fingerprint density at radius 2 is 1.56 bits per heavy atom. The summed E-state index contributed by atoms with van der Waals surface area (Å²) < 4.78 is 10.7. The van der Waals surface area contributed by atoms with Crippen molar-refractivity contribution in [3.63, 3.8) is 0 Å². The van der Waals surface area contributed by atoms with Crippen LogP contribution in [0, 0.1) is 20.2 Å². The predicted molar refractivity (Wildman–Crippen MR) is 147 cm³/mol. The lowest BCUT2D eigenvalue weighted by atomic mass is 10.2. The summed E-state index contributed by atoms with van der Waals surface area (Å²) in [6.45, 7) is -0.751. The number of oxime groups is 1. The van der Waals surface area contributed by atoms with E-state index in [0.717, 1.165) is 16.2 Å². The van der Waals surface area contributed by atoms with Crippen molar-refractivity contribution in [2.45, 2.75) is 31.8 Å². The molecule has 4 rings (SSSR count). The lowest BCUT2D eigenvalue weighted by Gasteiger charge is -2.22. The van der Waals surface area contributed by atoms with Crippen LogP contribution in [0.4, 0.5) is 21.3 Å². The number of amides is 1. The highest BCUT2D eigenvalue weighted by molar-refractivity contribution is 7.13. The van der Waals surface area contributed by atoms with E-state index in [1.807, 2.05) is 0 Å². The first-order valence-electron chi connectivity index (χ1n) is 12.3. The van der Waals surface area contributed by atoms with Gasteiger partial charge in [0.15, 0.2) is 5.13 Å². The number of carbonyl (C=O) groups excluding carboxylic acids is 2. The van der Waals surface area contributed by atoms with Gasteiger partial charge >= 0.3 is 18.0 Å². The number of nitrogens with zero attached hydrogens (tertiary/aromatic N) is 5. The summed E-state index contributed by atoms with van der Waals surface area (Å²) >= 11 is 0.998. The van der Waals surface area contributed by atoms with Crippen molar-refractivity contribution in [1.82, 2.24) is 9.88 Å². The van der Waals surface area contributed by atoms with Gasteiger partial charge in [-0.25, -0.2) is 19.4 Å². The van der Waals surface area contributed by atoms with Crippen LogP contribution in [0.1, 0.15) is 23.2 Å². The average molecular weight is 615 g/mol. The molecule has 224 valence electrons. The summed E-state index contributed by atoms with van der Waals surface area (Å²) in [5.41, 5.74) is 5.61. The summed E-state index contributed by atoms with van der Waals surface area (Å²) in [6, 6.07) is 9.41. The van der Waals surface area contributed by atoms with E-state index in [1.165, 1.54) is 53.9 Å². The number of nitrogen functional groups attached to an aromatic ring is 1. The Bertz CT molecular complexity index is 1480. The van der Waals surface area contributed by atoms with Crippen molar-refractivity contribution in [2.24, 2.45) is 5.16 Å². The lowest BCUT2D eigenvalue weighted by Crippen LogP contribution is -2.41. The topological polar surface area (TPSA) is 240 Å². The number of non-ortho nitro benzene ring substituents is 2. The first-order valence-corrected chi connectivity index (χ1v) is 13.1. The first kappa shape index (κ1) is 30.3. The van der Waals surface area contributed by atoms with Gasteiger partial charge in [0.05, 0.1) is 16.4 Å². The molecule has 1 aliphatic heterocycles. The number of carboxylic acid groups (broad SMARTS) is 1. The average Bonchev–Trinajstić information content (AvgIpc) is 3.61. The van der Waals surface area contributed by atoms with Crippen molar-refractivity contribution in [2.75, 3.05) is 12.3 Å². The van der Waals surface area contributed by atoms with E-state index in [-0.39, 0.29) is 48.4 Å². The third kappa shape index (κ3) is 7.76. The third-order valence-electron chi connectivity index (χ3n) is 6.07. The Kier molecular flexibility index (Phi) is 9.40. The standard InChI is InChI=1S/C25H22N6O11S/c26-24-27-19(13-43-24)21(22(32)33)28-42-18-9-20(23(34)40-11-14-1-5-16(6-2-14)30(36)37)29(10-18)25(35)41-12-15-3-7-17(8-4-15)31(38)39/h1-8,13,18,20H,9-12H2,(H2,26,27)(H,32,33)/t18-,20-/m0/s1. The highest BCUT2D eigenvalue weighted by Gasteiger charge is 2.43. The van der Waals surface area contributed by atoms with Gasteiger partial charge in [0.1, 0.15) is 31.1 Å². The zero-order valence-corrected chi connectivity index (χ0v) is 22.7. The molecule has 1 aromatic heterocycles. The summed E-state index contributed by atoms with van der Waals surface area (Å²) in [7, 11) is 0. The number of hydrogen-bond donors (Lipinski definition) is 2. The van der Waals surface area contributed by atoms with E-state index in [2.05, 4.69) is 10.1 Å². The fourth-order valence-electron chi connectivity index (χ4n) is 3.92. The van der Waals surface area contributed by atoms with Gasteiger partial charge in [0.25, 0.3) is 11.4 Å². The van der Waals surface area contributed by atoms with Crippen LogP contribution in [0.25, 0.3) is 0 Å². The third-order valence-corrected chi connectivity index (χ3v) is 6.74. The Labute approximate surface area is 245 Å². The molecular weight excluding hydrogens is 592 g/mol.